The number of amides is 3. The van der Waals surface area contributed by atoms with Crippen LogP contribution in [0.2, 0.25) is 0 Å². The average Bonchev–Trinajstić information content (AvgIpc) is 2.97. The van der Waals surface area contributed by atoms with Gasteiger partial charge < -0.3 is 31.5 Å². The van der Waals surface area contributed by atoms with Crippen molar-refractivity contribution >= 4 is 33.6 Å². The Labute approximate surface area is 258 Å². The van der Waals surface area contributed by atoms with Gasteiger partial charge in [-0.25, -0.2) is 18.7 Å². The Kier molecular flexibility index (Phi) is 10.4. The summed E-state index contributed by atoms with van der Waals surface area (Å²) in [7, 11) is -4.16. The molecule has 0 aromatic heterocycles. The van der Waals surface area contributed by atoms with Crippen LogP contribution in [0.3, 0.4) is 0 Å². The van der Waals surface area contributed by atoms with Gasteiger partial charge in [-0.05, 0) is 60.9 Å². The first-order valence-corrected chi connectivity index (χ1v) is 15.2. The standard InChI is InChI=1S/C29H31F2N5O7S.H3N/c30-19-3-1-18(2-4-19)25(37)12-11-24-27(36(28(24)39)22-8-5-20(31)6-9-22)23-10-7-21(17-26(23)38)33-29(40)34-13-15-35(16-14-34)43-44(32,41)42;/h1-10,17,24-25,27,37-38H,11-16H2,(H,33,40)(H2,32,41,42);1H3. The third-order valence-electron chi connectivity index (χ3n) is 7.66. The fraction of sp³-hybridized carbons (Fsp3) is 0.310. The van der Waals surface area contributed by atoms with Crippen LogP contribution in [0.4, 0.5) is 25.0 Å². The summed E-state index contributed by atoms with van der Waals surface area (Å²) in [5.41, 5.74) is 1.61. The normalized spacial score (nSPS) is 19.4. The Morgan fingerprint density at radius 2 is 1.60 bits per heavy atom. The molecule has 3 aromatic rings. The highest BCUT2D eigenvalue weighted by atomic mass is 32.2. The van der Waals surface area contributed by atoms with Gasteiger partial charge in [0.2, 0.25) is 5.91 Å². The lowest BCUT2D eigenvalue weighted by molar-refractivity contribution is -0.131. The number of urea groups is 1. The Bertz CT molecular complexity index is 1620. The number of anilines is 2. The number of benzene rings is 3. The zero-order valence-electron chi connectivity index (χ0n) is 24.1. The summed E-state index contributed by atoms with van der Waals surface area (Å²) in [5.74, 6) is -1.99. The van der Waals surface area contributed by atoms with Crippen LogP contribution >= 0.6 is 0 Å². The first-order chi connectivity index (χ1) is 20.9. The Hall–Kier alpha value is -4.19. The first kappa shape index (κ1) is 33.7. The number of hydroxylamine groups is 2. The van der Waals surface area contributed by atoms with E-state index in [-0.39, 0.29) is 62.5 Å². The van der Waals surface area contributed by atoms with E-state index in [1.807, 2.05) is 0 Å². The molecule has 2 aliphatic rings. The number of β-lactam (4-membered cyclic amide) rings is 1. The summed E-state index contributed by atoms with van der Waals surface area (Å²) >= 11 is 0. The van der Waals surface area contributed by atoms with E-state index >= 15 is 0 Å². The molecule has 2 heterocycles. The molecule has 242 valence electrons. The summed E-state index contributed by atoms with van der Waals surface area (Å²) in [6, 6.07) is 14.2. The number of piperazine rings is 1. The third kappa shape index (κ3) is 7.91. The topological polar surface area (TPSA) is 201 Å². The zero-order chi connectivity index (χ0) is 31.6. The van der Waals surface area contributed by atoms with E-state index in [0.29, 0.717) is 16.8 Å². The molecule has 0 spiro atoms. The number of carbonyl (C=O) groups is 2. The molecule has 5 rings (SSSR count). The van der Waals surface area contributed by atoms with Gasteiger partial charge in [0, 0.05) is 49.2 Å². The van der Waals surface area contributed by atoms with Crippen LogP contribution in [0.1, 0.15) is 36.1 Å². The van der Waals surface area contributed by atoms with Gasteiger partial charge in [-0.3, -0.25) is 4.79 Å². The number of nitrogens with two attached hydrogens (primary N) is 1. The number of aliphatic hydroxyl groups excluding tert-OH is 1. The molecular weight excluding hydrogens is 614 g/mol. The van der Waals surface area contributed by atoms with Gasteiger partial charge >= 0.3 is 16.3 Å². The molecule has 3 unspecified atom stereocenters. The van der Waals surface area contributed by atoms with Gasteiger partial charge in [0.15, 0.2) is 0 Å². The van der Waals surface area contributed by atoms with Crippen LogP contribution in [-0.2, 0) is 19.4 Å². The molecule has 13 nitrogen and oxygen atoms in total. The summed E-state index contributed by atoms with van der Waals surface area (Å²) in [6.07, 6.45) is -0.498. The first-order valence-electron chi connectivity index (χ1n) is 13.8. The van der Waals surface area contributed by atoms with E-state index in [2.05, 4.69) is 9.60 Å². The van der Waals surface area contributed by atoms with Crippen LogP contribution in [0.15, 0.2) is 66.7 Å². The lowest BCUT2D eigenvalue weighted by Crippen LogP contribution is -2.55. The largest absolute Gasteiger partial charge is 0.508 e. The number of aromatic hydroxyl groups is 1. The molecule has 3 amide bonds. The van der Waals surface area contributed by atoms with Crippen molar-refractivity contribution in [1.82, 2.24) is 16.1 Å². The second kappa shape index (κ2) is 13.8. The van der Waals surface area contributed by atoms with Crippen molar-refractivity contribution in [2.75, 3.05) is 36.4 Å². The third-order valence-corrected chi connectivity index (χ3v) is 8.08. The van der Waals surface area contributed by atoms with Gasteiger partial charge in [0.25, 0.3) is 0 Å². The number of halogens is 2. The van der Waals surface area contributed by atoms with Crippen molar-refractivity contribution in [3.63, 3.8) is 0 Å². The quantitative estimate of drug-likeness (QED) is 0.216. The second-order valence-corrected chi connectivity index (χ2v) is 11.7. The second-order valence-electron chi connectivity index (χ2n) is 10.6. The lowest BCUT2D eigenvalue weighted by Gasteiger charge is -2.48. The minimum Gasteiger partial charge on any atom is -0.508 e. The Morgan fingerprint density at radius 3 is 2.18 bits per heavy atom. The number of phenolic OH excluding ortho intramolecular Hbond substituents is 1. The summed E-state index contributed by atoms with van der Waals surface area (Å²) < 4.78 is 53.8. The number of hydrogen-bond acceptors (Lipinski definition) is 9. The summed E-state index contributed by atoms with van der Waals surface area (Å²) in [6.45, 7) is 0.543. The van der Waals surface area contributed by atoms with E-state index < -0.39 is 46.0 Å². The fourth-order valence-corrected chi connectivity index (χ4v) is 5.89. The van der Waals surface area contributed by atoms with E-state index in [9.17, 15) is 37.0 Å². The minimum atomic E-state index is -4.16. The lowest BCUT2D eigenvalue weighted by atomic mass is 9.78. The van der Waals surface area contributed by atoms with Crippen molar-refractivity contribution < 1.29 is 41.3 Å². The van der Waals surface area contributed by atoms with Crippen LogP contribution in [0, 0.1) is 17.6 Å². The van der Waals surface area contributed by atoms with Crippen LogP contribution < -0.4 is 21.5 Å². The molecular formula is C29H34F2N6O7S. The number of hydrogen-bond donors (Lipinski definition) is 5. The molecule has 3 aromatic carbocycles. The van der Waals surface area contributed by atoms with Gasteiger partial charge in [0.05, 0.1) is 18.1 Å². The number of nitrogens with zero attached hydrogens (tertiary/aromatic N) is 3. The van der Waals surface area contributed by atoms with Crippen molar-refractivity contribution in [2.45, 2.75) is 25.0 Å². The molecule has 0 saturated carbocycles. The van der Waals surface area contributed by atoms with Crippen LogP contribution in [0.5, 0.6) is 5.75 Å². The molecule has 3 atom stereocenters. The maximum Gasteiger partial charge on any atom is 0.349 e. The monoisotopic (exact) mass is 648 g/mol. The highest BCUT2D eigenvalue weighted by molar-refractivity contribution is 7.84. The highest BCUT2D eigenvalue weighted by Gasteiger charge is 2.49. The summed E-state index contributed by atoms with van der Waals surface area (Å²) in [5, 5.41) is 30.4. The average molecular weight is 649 g/mol. The molecule has 2 saturated heterocycles. The maximum atomic E-state index is 13.6. The SMILES string of the molecule is N.NS(=O)(=O)ON1CCN(C(=O)Nc2ccc(C3C(CCC(O)c4ccc(F)cc4)C(=O)N3c3ccc(F)cc3)c(O)c2)CC1. The molecule has 0 radical (unpaired) electrons. The van der Waals surface area contributed by atoms with E-state index in [1.54, 1.807) is 12.1 Å². The summed E-state index contributed by atoms with van der Waals surface area (Å²) in [4.78, 5) is 29.0. The zero-order valence-corrected chi connectivity index (χ0v) is 24.9. The minimum absolute atomic E-state index is 0. The Balaban J connectivity index is 0.00000461. The molecule has 0 bridgehead atoms. The Morgan fingerprint density at radius 1 is 1.00 bits per heavy atom. The van der Waals surface area contributed by atoms with E-state index in [4.69, 9.17) is 5.14 Å². The molecule has 8 N–H and O–H groups in total. The molecule has 0 aliphatic carbocycles. The number of nitrogens with one attached hydrogen (secondary N) is 1. The molecule has 2 fully saturated rings. The molecule has 16 heteroatoms. The number of aliphatic hydroxyl groups is 1. The molecule has 2 aliphatic heterocycles. The van der Waals surface area contributed by atoms with Gasteiger partial charge in [-0.15, -0.1) is 0 Å². The van der Waals surface area contributed by atoms with Crippen LogP contribution in [0.25, 0.3) is 0 Å². The number of carbonyl (C=O) groups excluding carboxylic acids is 2. The smallest absolute Gasteiger partial charge is 0.349 e. The van der Waals surface area contributed by atoms with Crippen molar-refractivity contribution in [3.05, 3.63) is 89.5 Å². The fourth-order valence-electron chi connectivity index (χ4n) is 5.45. The van der Waals surface area contributed by atoms with E-state index in [1.165, 1.54) is 64.4 Å². The van der Waals surface area contributed by atoms with Crippen molar-refractivity contribution in [2.24, 2.45) is 11.1 Å². The predicted octanol–water partition coefficient (Wildman–Crippen LogP) is 3.33. The van der Waals surface area contributed by atoms with Crippen molar-refractivity contribution in [3.8, 4) is 5.75 Å². The van der Waals surface area contributed by atoms with Gasteiger partial charge in [0.1, 0.15) is 17.4 Å². The maximum absolute atomic E-state index is 13.6. The predicted molar refractivity (Wildman–Crippen MR) is 160 cm³/mol. The van der Waals surface area contributed by atoms with E-state index in [0.717, 1.165) is 5.06 Å². The van der Waals surface area contributed by atoms with Crippen molar-refractivity contribution in [1.29, 1.82) is 0 Å². The van der Waals surface area contributed by atoms with Gasteiger partial charge in [-0.1, -0.05) is 18.2 Å². The number of rotatable bonds is 9. The number of phenols is 1. The highest BCUT2D eigenvalue weighted by Crippen LogP contribution is 2.49. The van der Waals surface area contributed by atoms with Gasteiger partial charge in [-0.2, -0.15) is 17.8 Å². The molecule has 45 heavy (non-hydrogen) atoms. The van der Waals surface area contributed by atoms with Crippen LogP contribution in [-0.4, -0.2) is 66.7 Å².